The van der Waals surface area contributed by atoms with Crippen LogP contribution in [0, 0.1) is 0 Å². The van der Waals surface area contributed by atoms with Gasteiger partial charge in [0.05, 0.1) is 17.1 Å². The Labute approximate surface area is 122 Å². The summed E-state index contributed by atoms with van der Waals surface area (Å²) in [5.41, 5.74) is 5.53. The van der Waals surface area contributed by atoms with Crippen molar-refractivity contribution in [1.29, 1.82) is 0 Å². The number of hydrogen-bond donors (Lipinski definition) is 2. The monoisotopic (exact) mass is 280 g/mol. The van der Waals surface area contributed by atoms with Crippen LogP contribution < -0.4 is 10.7 Å². The highest BCUT2D eigenvalue weighted by molar-refractivity contribution is 5.85. The maximum absolute atomic E-state index is 12.1. The second-order valence-corrected chi connectivity index (χ2v) is 4.82. The summed E-state index contributed by atoms with van der Waals surface area (Å²) in [5.74, 6) is 0. The van der Waals surface area contributed by atoms with E-state index in [0.29, 0.717) is 0 Å². The van der Waals surface area contributed by atoms with Gasteiger partial charge in [-0.1, -0.05) is 42.5 Å². The summed E-state index contributed by atoms with van der Waals surface area (Å²) in [5, 5.41) is 2.90. The molecule has 1 aromatic heterocycles. The number of fused-ring (bicyclic) bond motifs is 1. The molecule has 0 fully saturated rings. The molecular formula is C16H16N4O. The Bertz CT molecular complexity index is 751. The molecule has 0 aliphatic heterocycles. The Kier molecular flexibility index (Phi) is 3.55. The third-order valence-electron chi connectivity index (χ3n) is 3.32. The van der Waals surface area contributed by atoms with Crippen LogP contribution in [-0.4, -0.2) is 15.7 Å². The highest BCUT2D eigenvalue weighted by Crippen LogP contribution is 2.12. The van der Waals surface area contributed by atoms with Crippen molar-refractivity contribution in [2.24, 2.45) is 0 Å². The lowest BCUT2D eigenvalue weighted by molar-refractivity contribution is 0.247. The van der Waals surface area contributed by atoms with E-state index in [1.807, 2.05) is 61.5 Å². The molecule has 3 rings (SSSR count). The van der Waals surface area contributed by atoms with E-state index in [2.05, 4.69) is 15.7 Å². The van der Waals surface area contributed by atoms with Crippen LogP contribution >= 0.6 is 0 Å². The van der Waals surface area contributed by atoms with Crippen molar-refractivity contribution in [3.05, 3.63) is 66.5 Å². The zero-order valence-electron chi connectivity index (χ0n) is 11.7. The molecule has 0 bridgehead atoms. The van der Waals surface area contributed by atoms with Crippen LogP contribution in [0.2, 0.25) is 0 Å². The Morgan fingerprint density at radius 3 is 2.62 bits per heavy atom. The first-order chi connectivity index (χ1) is 10.2. The van der Waals surface area contributed by atoms with Crippen LogP contribution in [0.4, 0.5) is 4.79 Å². The standard InChI is InChI=1S/C16H16N4O/c1-12(13-7-3-2-4-8-13)18-16(21)19-20-11-17-14-9-5-6-10-15(14)20/h2-12H,1H3,(H2,18,19,21)/t12-/m1/s1. The fraction of sp³-hybridized carbons (Fsp3) is 0.125. The van der Waals surface area contributed by atoms with Gasteiger partial charge in [-0.2, -0.15) is 0 Å². The van der Waals surface area contributed by atoms with E-state index in [1.54, 1.807) is 11.0 Å². The van der Waals surface area contributed by atoms with Crippen LogP contribution in [0.15, 0.2) is 60.9 Å². The Morgan fingerprint density at radius 2 is 1.81 bits per heavy atom. The first kappa shape index (κ1) is 13.2. The van der Waals surface area contributed by atoms with Crippen molar-refractivity contribution in [1.82, 2.24) is 15.0 Å². The van der Waals surface area contributed by atoms with Gasteiger partial charge in [-0.15, -0.1) is 0 Å². The van der Waals surface area contributed by atoms with Gasteiger partial charge in [0.15, 0.2) is 0 Å². The number of carbonyl (C=O) groups is 1. The number of carbonyl (C=O) groups excluding carboxylic acids is 1. The molecule has 0 saturated heterocycles. The van der Waals surface area contributed by atoms with Crippen LogP contribution in [0.5, 0.6) is 0 Å². The van der Waals surface area contributed by atoms with Crippen molar-refractivity contribution >= 4 is 17.1 Å². The quantitative estimate of drug-likeness (QED) is 0.774. The van der Waals surface area contributed by atoms with Crippen LogP contribution in [-0.2, 0) is 0 Å². The molecular weight excluding hydrogens is 264 g/mol. The maximum atomic E-state index is 12.1. The predicted octanol–water partition coefficient (Wildman–Crippen LogP) is 3.05. The molecule has 5 nitrogen and oxygen atoms in total. The van der Waals surface area contributed by atoms with E-state index in [1.165, 1.54) is 0 Å². The van der Waals surface area contributed by atoms with Crippen molar-refractivity contribution in [2.45, 2.75) is 13.0 Å². The highest BCUT2D eigenvalue weighted by atomic mass is 16.2. The van der Waals surface area contributed by atoms with Gasteiger partial charge in [0.25, 0.3) is 0 Å². The number of rotatable bonds is 3. The van der Waals surface area contributed by atoms with Gasteiger partial charge in [0.1, 0.15) is 6.33 Å². The number of amides is 2. The zero-order valence-corrected chi connectivity index (χ0v) is 11.7. The number of benzene rings is 2. The number of nitrogens with zero attached hydrogens (tertiary/aromatic N) is 2. The predicted molar refractivity (Wildman–Crippen MR) is 82.5 cm³/mol. The molecule has 106 valence electrons. The van der Waals surface area contributed by atoms with Crippen molar-refractivity contribution in [3.8, 4) is 0 Å². The molecule has 2 amide bonds. The molecule has 0 unspecified atom stereocenters. The lowest BCUT2D eigenvalue weighted by atomic mass is 10.1. The van der Waals surface area contributed by atoms with Gasteiger partial charge in [0.2, 0.25) is 0 Å². The minimum Gasteiger partial charge on any atom is -0.330 e. The lowest BCUT2D eigenvalue weighted by Gasteiger charge is -2.15. The fourth-order valence-electron chi connectivity index (χ4n) is 2.21. The average Bonchev–Trinajstić information content (AvgIpc) is 2.91. The van der Waals surface area contributed by atoms with Gasteiger partial charge in [-0.3, -0.25) is 0 Å². The van der Waals surface area contributed by atoms with Crippen LogP contribution in [0.25, 0.3) is 11.0 Å². The highest BCUT2D eigenvalue weighted by Gasteiger charge is 2.10. The average molecular weight is 280 g/mol. The number of aromatic nitrogens is 2. The molecule has 0 radical (unpaired) electrons. The van der Waals surface area contributed by atoms with Gasteiger partial charge < -0.3 is 5.32 Å². The first-order valence-electron chi connectivity index (χ1n) is 6.78. The smallest absolute Gasteiger partial charge is 0.330 e. The largest absolute Gasteiger partial charge is 0.334 e. The molecule has 0 spiro atoms. The molecule has 1 atom stereocenters. The second kappa shape index (κ2) is 5.66. The Morgan fingerprint density at radius 1 is 1.10 bits per heavy atom. The third kappa shape index (κ3) is 2.86. The number of imidazole rings is 1. The summed E-state index contributed by atoms with van der Waals surface area (Å²) in [4.78, 5) is 16.3. The van der Waals surface area contributed by atoms with E-state index in [4.69, 9.17) is 0 Å². The Balaban J connectivity index is 1.69. The normalized spacial score (nSPS) is 12.0. The van der Waals surface area contributed by atoms with Crippen LogP contribution in [0.3, 0.4) is 0 Å². The third-order valence-corrected chi connectivity index (χ3v) is 3.32. The summed E-state index contributed by atoms with van der Waals surface area (Å²) in [6.07, 6.45) is 1.59. The second-order valence-electron chi connectivity index (χ2n) is 4.82. The maximum Gasteiger partial charge on any atom is 0.334 e. The summed E-state index contributed by atoms with van der Waals surface area (Å²) < 4.78 is 1.61. The number of hydrogen-bond acceptors (Lipinski definition) is 2. The minimum absolute atomic E-state index is 0.0685. The SMILES string of the molecule is C[C@@H](NC(=O)Nn1cnc2ccccc21)c1ccccc1. The molecule has 0 aliphatic carbocycles. The topological polar surface area (TPSA) is 59.0 Å². The molecule has 1 heterocycles. The van der Waals surface area contributed by atoms with Crippen molar-refractivity contribution in [2.75, 3.05) is 5.43 Å². The van der Waals surface area contributed by atoms with E-state index in [9.17, 15) is 4.79 Å². The minimum atomic E-state index is -0.269. The van der Waals surface area contributed by atoms with Gasteiger partial charge in [0, 0.05) is 0 Å². The van der Waals surface area contributed by atoms with Crippen LogP contribution in [0.1, 0.15) is 18.5 Å². The molecule has 2 N–H and O–H groups in total. The van der Waals surface area contributed by atoms with E-state index < -0.39 is 0 Å². The van der Waals surface area contributed by atoms with Crippen molar-refractivity contribution < 1.29 is 4.79 Å². The zero-order chi connectivity index (χ0) is 14.7. The van der Waals surface area contributed by atoms with Gasteiger partial charge >= 0.3 is 6.03 Å². The fourth-order valence-corrected chi connectivity index (χ4v) is 2.21. The molecule has 2 aromatic carbocycles. The molecule has 3 aromatic rings. The first-order valence-corrected chi connectivity index (χ1v) is 6.78. The van der Waals surface area contributed by atoms with E-state index in [-0.39, 0.29) is 12.1 Å². The number of urea groups is 1. The van der Waals surface area contributed by atoms with Gasteiger partial charge in [-0.25, -0.2) is 19.9 Å². The summed E-state index contributed by atoms with van der Waals surface area (Å²) in [7, 11) is 0. The molecule has 0 aliphatic rings. The molecule has 5 heteroatoms. The summed E-state index contributed by atoms with van der Waals surface area (Å²) in [6, 6.07) is 17.1. The van der Waals surface area contributed by atoms with E-state index >= 15 is 0 Å². The van der Waals surface area contributed by atoms with Gasteiger partial charge in [-0.05, 0) is 24.6 Å². The Hall–Kier alpha value is -2.82. The molecule has 21 heavy (non-hydrogen) atoms. The number of nitrogens with one attached hydrogen (secondary N) is 2. The summed E-state index contributed by atoms with van der Waals surface area (Å²) in [6.45, 7) is 1.95. The summed E-state index contributed by atoms with van der Waals surface area (Å²) >= 11 is 0. The lowest BCUT2D eigenvalue weighted by Crippen LogP contribution is -2.35. The van der Waals surface area contributed by atoms with Crippen molar-refractivity contribution in [3.63, 3.8) is 0 Å². The van der Waals surface area contributed by atoms with E-state index in [0.717, 1.165) is 16.6 Å². The number of para-hydroxylation sites is 2. The molecule has 0 saturated carbocycles.